The number of hydrogen-bond donors (Lipinski definition) is 2. The minimum absolute atomic E-state index is 0.0592. The van der Waals surface area contributed by atoms with E-state index in [1.807, 2.05) is 25.1 Å². The number of rotatable bonds is 2. The molecule has 2 rings (SSSR count). The average Bonchev–Trinajstić information content (AvgIpc) is 2.35. The minimum atomic E-state index is -0.0592. The van der Waals surface area contributed by atoms with Crippen LogP contribution >= 0.6 is 22.6 Å². The van der Waals surface area contributed by atoms with Crippen molar-refractivity contribution in [2.24, 2.45) is 5.92 Å². The van der Waals surface area contributed by atoms with Gasteiger partial charge in [-0.1, -0.05) is 13.0 Å². The molecule has 0 radical (unpaired) electrons. The number of anilines is 1. The molecule has 0 spiro atoms. The van der Waals surface area contributed by atoms with Gasteiger partial charge in [0.05, 0.1) is 6.04 Å². The lowest BCUT2D eigenvalue weighted by Crippen LogP contribution is -2.48. The molecular formula is C14H19IN2O. The van der Waals surface area contributed by atoms with Crippen LogP contribution in [0, 0.1) is 16.4 Å². The highest BCUT2D eigenvalue weighted by Gasteiger charge is 2.27. The maximum atomic E-state index is 12.3. The number of hydrogen-bond acceptors (Lipinski definition) is 2. The summed E-state index contributed by atoms with van der Waals surface area (Å²) >= 11 is 2.29. The molecule has 0 bridgehead atoms. The van der Waals surface area contributed by atoms with Gasteiger partial charge in [0.15, 0.2) is 0 Å². The van der Waals surface area contributed by atoms with Gasteiger partial charge in [-0.15, -0.1) is 0 Å². The maximum absolute atomic E-state index is 12.3. The molecule has 1 heterocycles. The molecule has 1 aromatic carbocycles. The molecule has 1 aliphatic heterocycles. The maximum Gasteiger partial charge on any atom is 0.241 e. The Morgan fingerprint density at radius 3 is 3.00 bits per heavy atom. The lowest BCUT2D eigenvalue weighted by Gasteiger charge is -2.29. The second-order valence-electron chi connectivity index (χ2n) is 4.95. The van der Waals surface area contributed by atoms with Gasteiger partial charge in [-0.2, -0.15) is 0 Å². The summed E-state index contributed by atoms with van der Waals surface area (Å²) in [7, 11) is 0. The van der Waals surface area contributed by atoms with E-state index >= 15 is 0 Å². The molecule has 3 nitrogen and oxygen atoms in total. The zero-order valence-corrected chi connectivity index (χ0v) is 13.0. The molecule has 2 atom stereocenters. The van der Waals surface area contributed by atoms with Gasteiger partial charge in [0.25, 0.3) is 0 Å². The van der Waals surface area contributed by atoms with Crippen LogP contribution in [0.5, 0.6) is 0 Å². The van der Waals surface area contributed by atoms with Crippen molar-refractivity contribution in [3.63, 3.8) is 0 Å². The highest BCUT2D eigenvalue weighted by atomic mass is 127. The lowest BCUT2D eigenvalue weighted by atomic mass is 9.92. The van der Waals surface area contributed by atoms with Gasteiger partial charge in [-0.3, -0.25) is 4.79 Å². The summed E-state index contributed by atoms with van der Waals surface area (Å²) in [5.74, 6) is 0.495. The van der Waals surface area contributed by atoms with E-state index in [4.69, 9.17) is 0 Å². The number of piperidine rings is 1. The first-order chi connectivity index (χ1) is 8.59. The molecule has 1 aromatic rings. The SMILES string of the molecule is Cc1c(I)cccc1NC(=O)C1NCCCC1C. The van der Waals surface area contributed by atoms with Crippen LogP contribution in [0.25, 0.3) is 0 Å². The van der Waals surface area contributed by atoms with Gasteiger partial charge in [0.2, 0.25) is 5.91 Å². The number of carbonyl (C=O) groups is 1. The van der Waals surface area contributed by atoms with Crippen LogP contribution in [0.4, 0.5) is 5.69 Å². The third-order valence-electron chi connectivity index (χ3n) is 3.58. The fraction of sp³-hybridized carbons (Fsp3) is 0.500. The molecule has 98 valence electrons. The van der Waals surface area contributed by atoms with Crippen molar-refractivity contribution < 1.29 is 4.79 Å². The summed E-state index contributed by atoms with van der Waals surface area (Å²) < 4.78 is 1.18. The molecule has 1 aliphatic rings. The van der Waals surface area contributed by atoms with Crippen molar-refractivity contribution in [1.82, 2.24) is 5.32 Å². The van der Waals surface area contributed by atoms with Gasteiger partial charge in [0, 0.05) is 9.26 Å². The zero-order valence-electron chi connectivity index (χ0n) is 10.8. The second kappa shape index (κ2) is 6.02. The number of halogens is 1. The molecule has 1 amide bonds. The summed E-state index contributed by atoms with van der Waals surface area (Å²) in [5, 5.41) is 6.35. The van der Waals surface area contributed by atoms with E-state index in [1.54, 1.807) is 0 Å². The smallest absolute Gasteiger partial charge is 0.241 e. The summed E-state index contributed by atoms with van der Waals surface area (Å²) in [5.41, 5.74) is 2.06. The minimum Gasteiger partial charge on any atom is -0.324 e. The highest BCUT2D eigenvalue weighted by Crippen LogP contribution is 2.22. The molecule has 0 saturated carbocycles. The Kier molecular flexibility index (Phi) is 4.61. The van der Waals surface area contributed by atoms with Crippen molar-refractivity contribution in [1.29, 1.82) is 0 Å². The lowest BCUT2D eigenvalue weighted by molar-refractivity contribution is -0.119. The van der Waals surface area contributed by atoms with E-state index in [0.717, 1.165) is 30.6 Å². The topological polar surface area (TPSA) is 41.1 Å². The first-order valence-corrected chi connectivity index (χ1v) is 7.47. The van der Waals surface area contributed by atoms with Gasteiger partial charge in [-0.25, -0.2) is 0 Å². The summed E-state index contributed by atoms with van der Waals surface area (Å²) in [6.45, 7) is 5.11. The Bertz CT molecular complexity index is 447. The van der Waals surface area contributed by atoms with Crippen LogP contribution in [0.1, 0.15) is 25.3 Å². The Hall–Kier alpha value is -0.620. The number of benzene rings is 1. The third kappa shape index (κ3) is 3.03. The predicted octanol–water partition coefficient (Wildman–Crippen LogP) is 2.93. The van der Waals surface area contributed by atoms with Crippen LogP contribution in [0.3, 0.4) is 0 Å². The largest absolute Gasteiger partial charge is 0.324 e. The standard InChI is InChI=1S/C14H19IN2O/c1-9-5-4-8-16-13(9)14(18)17-12-7-3-6-11(15)10(12)2/h3,6-7,9,13,16H,4-5,8H2,1-2H3,(H,17,18). The van der Waals surface area contributed by atoms with Crippen LogP contribution in [0.15, 0.2) is 18.2 Å². The molecule has 1 saturated heterocycles. The molecule has 18 heavy (non-hydrogen) atoms. The van der Waals surface area contributed by atoms with Crippen molar-refractivity contribution in [2.45, 2.75) is 32.7 Å². The van der Waals surface area contributed by atoms with E-state index in [1.165, 1.54) is 3.57 Å². The quantitative estimate of drug-likeness (QED) is 0.799. The number of nitrogens with one attached hydrogen (secondary N) is 2. The number of carbonyl (C=O) groups excluding carboxylic acids is 1. The fourth-order valence-corrected chi connectivity index (χ4v) is 2.85. The van der Waals surface area contributed by atoms with Crippen molar-refractivity contribution >= 4 is 34.2 Å². The van der Waals surface area contributed by atoms with Gasteiger partial charge < -0.3 is 10.6 Å². The normalized spacial score (nSPS) is 23.7. The van der Waals surface area contributed by atoms with E-state index in [-0.39, 0.29) is 11.9 Å². The summed E-state index contributed by atoms with van der Waals surface area (Å²) in [6.07, 6.45) is 2.28. The van der Waals surface area contributed by atoms with Crippen LogP contribution in [-0.4, -0.2) is 18.5 Å². The summed E-state index contributed by atoms with van der Waals surface area (Å²) in [6, 6.07) is 5.92. The van der Waals surface area contributed by atoms with Crippen LogP contribution in [-0.2, 0) is 4.79 Å². The monoisotopic (exact) mass is 358 g/mol. The first-order valence-electron chi connectivity index (χ1n) is 6.39. The molecule has 2 unspecified atom stereocenters. The Balaban J connectivity index is 2.09. The van der Waals surface area contributed by atoms with Crippen molar-refractivity contribution in [2.75, 3.05) is 11.9 Å². The molecule has 0 aliphatic carbocycles. The molecule has 1 fully saturated rings. The zero-order chi connectivity index (χ0) is 13.1. The van der Waals surface area contributed by atoms with Crippen molar-refractivity contribution in [3.8, 4) is 0 Å². The second-order valence-corrected chi connectivity index (χ2v) is 6.12. The fourth-order valence-electron chi connectivity index (χ4n) is 2.35. The molecule has 4 heteroatoms. The Labute approximate surface area is 122 Å². The van der Waals surface area contributed by atoms with Gasteiger partial charge in [0.1, 0.15) is 0 Å². The summed E-state index contributed by atoms with van der Waals surface area (Å²) in [4.78, 5) is 12.3. The Morgan fingerprint density at radius 1 is 1.50 bits per heavy atom. The van der Waals surface area contributed by atoms with Gasteiger partial charge in [-0.05, 0) is 72.5 Å². The third-order valence-corrected chi connectivity index (χ3v) is 4.75. The molecular weight excluding hydrogens is 339 g/mol. The average molecular weight is 358 g/mol. The van der Waals surface area contributed by atoms with Gasteiger partial charge >= 0.3 is 0 Å². The van der Waals surface area contributed by atoms with E-state index in [9.17, 15) is 4.79 Å². The molecule has 0 aromatic heterocycles. The number of amides is 1. The molecule has 2 N–H and O–H groups in total. The van der Waals surface area contributed by atoms with Crippen LogP contribution < -0.4 is 10.6 Å². The van der Waals surface area contributed by atoms with E-state index < -0.39 is 0 Å². The Morgan fingerprint density at radius 2 is 2.28 bits per heavy atom. The van der Waals surface area contributed by atoms with E-state index in [0.29, 0.717) is 5.92 Å². The highest BCUT2D eigenvalue weighted by molar-refractivity contribution is 14.1. The van der Waals surface area contributed by atoms with E-state index in [2.05, 4.69) is 40.1 Å². The van der Waals surface area contributed by atoms with Crippen LogP contribution in [0.2, 0.25) is 0 Å². The van der Waals surface area contributed by atoms with Crippen molar-refractivity contribution in [3.05, 3.63) is 27.3 Å². The first kappa shape index (κ1) is 13.8. The predicted molar refractivity (Wildman–Crippen MR) is 82.7 cm³/mol.